The molecule has 3 N–H and O–H groups in total. The molecular weight excluding hydrogens is 450 g/mol. The normalized spacial score (nSPS) is 24.1. The van der Waals surface area contributed by atoms with E-state index in [0.717, 1.165) is 48.4 Å². The van der Waals surface area contributed by atoms with Crippen LogP contribution in [0.25, 0.3) is 10.9 Å². The number of carbonyl (C=O) groups is 1. The predicted molar refractivity (Wildman–Crippen MR) is 132 cm³/mol. The lowest BCUT2D eigenvalue weighted by Gasteiger charge is -2.35. The number of amides is 1. The predicted octanol–water partition coefficient (Wildman–Crippen LogP) is 2.23. The van der Waals surface area contributed by atoms with Crippen LogP contribution in [0.1, 0.15) is 51.8 Å². The van der Waals surface area contributed by atoms with Crippen LogP contribution in [0.2, 0.25) is 0 Å². The molecule has 1 amide bonds. The third kappa shape index (κ3) is 6.24. The van der Waals surface area contributed by atoms with Gasteiger partial charge in [0.1, 0.15) is 23.8 Å². The van der Waals surface area contributed by atoms with E-state index in [9.17, 15) is 15.0 Å². The fourth-order valence-corrected chi connectivity index (χ4v) is 4.80. The highest BCUT2D eigenvalue weighted by molar-refractivity contribution is 5.88. The largest absolute Gasteiger partial charge is 0.493 e. The maximum Gasteiger partial charge on any atom is 0.410 e. The van der Waals surface area contributed by atoms with Crippen LogP contribution in [-0.2, 0) is 4.74 Å². The third-order valence-corrected chi connectivity index (χ3v) is 6.55. The van der Waals surface area contributed by atoms with Crippen molar-refractivity contribution in [3.8, 4) is 5.75 Å². The van der Waals surface area contributed by atoms with Gasteiger partial charge >= 0.3 is 6.09 Å². The maximum atomic E-state index is 12.2. The van der Waals surface area contributed by atoms with E-state index < -0.39 is 18.1 Å². The molecule has 0 bridgehead atoms. The summed E-state index contributed by atoms with van der Waals surface area (Å²) in [5.41, 5.74) is 1.30. The molecule has 2 aliphatic heterocycles. The number of aryl methyl sites for hydroxylation is 1. The van der Waals surface area contributed by atoms with Crippen LogP contribution in [-0.4, -0.2) is 93.3 Å². The second-order valence-corrected chi connectivity index (χ2v) is 10.5. The first-order valence-corrected chi connectivity index (χ1v) is 12.6. The number of aromatic nitrogens is 2. The molecule has 1 aromatic heterocycles. The molecule has 2 aliphatic rings. The second-order valence-electron chi connectivity index (χ2n) is 10.5. The SMILES string of the molecule is Cc1nn(C2CCC(O)NC2O)c2cccc(OCCCN3CCN(C(=O)OC(C)(C)C)CC3)c12. The van der Waals surface area contributed by atoms with Crippen LogP contribution < -0.4 is 10.1 Å². The van der Waals surface area contributed by atoms with E-state index in [1.54, 1.807) is 4.90 Å². The minimum atomic E-state index is -0.860. The van der Waals surface area contributed by atoms with Crippen molar-refractivity contribution in [3.05, 3.63) is 23.9 Å². The Morgan fingerprint density at radius 3 is 2.60 bits per heavy atom. The van der Waals surface area contributed by atoms with Crippen molar-refractivity contribution in [1.29, 1.82) is 0 Å². The summed E-state index contributed by atoms with van der Waals surface area (Å²) in [5, 5.41) is 28.6. The number of nitrogens with zero attached hydrogens (tertiary/aromatic N) is 4. The fraction of sp³-hybridized carbons (Fsp3) is 0.680. The van der Waals surface area contributed by atoms with Gasteiger partial charge in [0.15, 0.2) is 0 Å². The van der Waals surface area contributed by atoms with Crippen LogP contribution in [0.3, 0.4) is 0 Å². The van der Waals surface area contributed by atoms with Crippen molar-refractivity contribution in [3.63, 3.8) is 0 Å². The summed E-state index contributed by atoms with van der Waals surface area (Å²) in [5.74, 6) is 0.791. The lowest BCUT2D eigenvalue weighted by Crippen LogP contribution is -2.50. The average molecular weight is 490 g/mol. The van der Waals surface area contributed by atoms with Gasteiger partial charge in [-0.15, -0.1) is 0 Å². The lowest BCUT2D eigenvalue weighted by atomic mass is 10.0. The van der Waals surface area contributed by atoms with Crippen molar-refractivity contribution in [2.24, 2.45) is 0 Å². The molecule has 2 saturated heterocycles. The highest BCUT2D eigenvalue weighted by Gasteiger charge is 2.31. The molecule has 0 spiro atoms. The monoisotopic (exact) mass is 489 g/mol. The zero-order chi connectivity index (χ0) is 25.2. The van der Waals surface area contributed by atoms with E-state index in [4.69, 9.17) is 14.6 Å². The number of ether oxygens (including phenoxy) is 2. The number of hydrogen-bond donors (Lipinski definition) is 3. The summed E-state index contributed by atoms with van der Waals surface area (Å²) in [6, 6.07) is 5.65. The van der Waals surface area contributed by atoms with E-state index in [1.165, 1.54) is 0 Å². The van der Waals surface area contributed by atoms with Crippen LogP contribution in [0.4, 0.5) is 4.79 Å². The number of rotatable bonds is 6. The highest BCUT2D eigenvalue weighted by Crippen LogP contribution is 2.33. The van der Waals surface area contributed by atoms with Crippen molar-refractivity contribution in [2.45, 2.75) is 71.1 Å². The molecule has 3 heterocycles. The first-order valence-electron chi connectivity index (χ1n) is 12.6. The molecule has 3 atom stereocenters. The molecular formula is C25H39N5O5. The van der Waals surface area contributed by atoms with Crippen molar-refractivity contribution < 1.29 is 24.5 Å². The summed E-state index contributed by atoms with van der Waals surface area (Å²) in [6.07, 6.45) is 0.281. The van der Waals surface area contributed by atoms with Gasteiger partial charge in [0.2, 0.25) is 0 Å². The molecule has 0 saturated carbocycles. The van der Waals surface area contributed by atoms with Crippen LogP contribution in [0.15, 0.2) is 18.2 Å². The summed E-state index contributed by atoms with van der Waals surface area (Å²) in [6.45, 7) is 12.1. The summed E-state index contributed by atoms with van der Waals surface area (Å²) >= 11 is 0. The second kappa shape index (κ2) is 10.7. The van der Waals surface area contributed by atoms with Crippen molar-refractivity contribution in [2.75, 3.05) is 39.3 Å². The molecule has 1 aromatic carbocycles. The molecule has 3 unspecified atom stereocenters. The van der Waals surface area contributed by atoms with E-state index >= 15 is 0 Å². The smallest absolute Gasteiger partial charge is 0.410 e. The molecule has 0 aliphatic carbocycles. The minimum absolute atomic E-state index is 0.239. The Bertz CT molecular complexity index is 1010. The van der Waals surface area contributed by atoms with Gasteiger partial charge in [-0.1, -0.05) is 6.07 Å². The van der Waals surface area contributed by atoms with Gasteiger partial charge in [0.05, 0.1) is 29.2 Å². The zero-order valence-electron chi connectivity index (χ0n) is 21.2. The Labute approximate surface area is 206 Å². The molecule has 4 rings (SSSR count). The van der Waals surface area contributed by atoms with Crippen LogP contribution >= 0.6 is 0 Å². The number of nitrogens with one attached hydrogen (secondary N) is 1. The molecule has 35 heavy (non-hydrogen) atoms. The first-order chi connectivity index (χ1) is 16.6. The van der Waals surface area contributed by atoms with Gasteiger partial charge in [-0.25, -0.2) is 4.79 Å². The molecule has 10 nitrogen and oxygen atoms in total. The van der Waals surface area contributed by atoms with E-state index in [1.807, 2.05) is 50.6 Å². The fourth-order valence-electron chi connectivity index (χ4n) is 4.80. The standard InChI is InChI=1S/C25H39N5O5/c1-17-22-18(30(27-17)19-9-10-21(31)26-23(19)32)7-5-8-20(22)34-16-6-11-28-12-14-29(15-13-28)24(33)35-25(2,3)4/h5,7-8,19,21,23,26,31-32H,6,9-16H2,1-4H3. The van der Waals surface area contributed by atoms with E-state index in [-0.39, 0.29) is 12.1 Å². The molecule has 2 fully saturated rings. The van der Waals surface area contributed by atoms with Gasteiger partial charge < -0.3 is 24.6 Å². The number of benzene rings is 1. The minimum Gasteiger partial charge on any atom is -0.493 e. The van der Waals surface area contributed by atoms with E-state index in [0.29, 0.717) is 32.5 Å². The molecule has 0 radical (unpaired) electrons. The third-order valence-electron chi connectivity index (χ3n) is 6.55. The number of carbonyl (C=O) groups excluding carboxylic acids is 1. The van der Waals surface area contributed by atoms with Crippen molar-refractivity contribution in [1.82, 2.24) is 24.9 Å². The Balaban J connectivity index is 1.29. The van der Waals surface area contributed by atoms with Gasteiger partial charge in [-0.3, -0.25) is 14.9 Å². The zero-order valence-corrected chi connectivity index (χ0v) is 21.2. The van der Waals surface area contributed by atoms with Gasteiger partial charge in [-0.05, 0) is 59.1 Å². The number of piperidine rings is 1. The van der Waals surface area contributed by atoms with Gasteiger partial charge in [0.25, 0.3) is 0 Å². The quantitative estimate of drug-likeness (QED) is 0.530. The number of aliphatic hydroxyl groups is 2. The number of hydrogen-bond acceptors (Lipinski definition) is 8. The van der Waals surface area contributed by atoms with Gasteiger partial charge in [-0.2, -0.15) is 5.10 Å². The Morgan fingerprint density at radius 1 is 1.17 bits per heavy atom. The molecule has 10 heteroatoms. The Hall–Kier alpha value is -2.40. The molecule has 2 aromatic rings. The molecule has 194 valence electrons. The maximum absolute atomic E-state index is 12.2. The lowest BCUT2D eigenvalue weighted by molar-refractivity contribution is -0.0297. The number of piperazine rings is 1. The van der Waals surface area contributed by atoms with Gasteiger partial charge in [0, 0.05) is 32.7 Å². The van der Waals surface area contributed by atoms with E-state index in [2.05, 4.69) is 10.2 Å². The van der Waals surface area contributed by atoms with Crippen molar-refractivity contribution >= 4 is 17.0 Å². The average Bonchev–Trinajstić information content (AvgIpc) is 3.13. The summed E-state index contributed by atoms with van der Waals surface area (Å²) < 4.78 is 13.5. The number of aliphatic hydroxyl groups excluding tert-OH is 2. The Morgan fingerprint density at radius 2 is 1.91 bits per heavy atom. The summed E-state index contributed by atoms with van der Waals surface area (Å²) in [7, 11) is 0. The topological polar surface area (TPSA) is 112 Å². The Kier molecular flexibility index (Phi) is 7.85. The summed E-state index contributed by atoms with van der Waals surface area (Å²) in [4.78, 5) is 16.4. The highest BCUT2D eigenvalue weighted by atomic mass is 16.6. The van der Waals surface area contributed by atoms with Crippen LogP contribution in [0, 0.1) is 6.92 Å². The first kappa shape index (κ1) is 25.7. The van der Waals surface area contributed by atoms with Crippen LogP contribution in [0.5, 0.6) is 5.75 Å². The number of fused-ring (bicyclic) bond motifs is 1.